The summed E-state index contributed by atoms with van der Waals surface area (Å²) in [5.41, 5.74) is 0. The van der Waals surface area contributed by atoms with Crippen LogP contribution in [-0.2, 0) is 0 Å². The molecule has 2 nitrogen and oxygen atoms in total. The van der Waals surface area contributed by atoms with Crippen molar-refractivity contribution >= 4 is 5.84 Å². The van der Waals surface area contributed by atoms with E-state index in [-0.39, 0.29) is 0 Å². The van der Waals surface area contributed by atoms with Gasteiger partial charge in [0.05, 0.1) is 0 Å². The largest absolute Gasteiger partial charge is 0.363 e. The lowest BCUT2D eigenvalue weighted by Gasteiger charge is -2.15. The second-order valence-corrected chi connectivity index (χ2v) is 2.15. The first-order chi connectivity index (χ1) is 4.34. The van der Waals surface area contributed by atoms with Gasteiger partial charge in [0.25, 0.3) is 0 Å². The van der Waals surface area contributed by atoms with Crippen molar-refractivity contribution in [3.8, 4) is 0 Å². The minimum Gasteiger partial charge on any atom is -0.363 e. The molecule has 0 atom stereocenters. The topological polar surface area (TPSA) is 15.6 Å². The van der Waals surface area contributed by atoms with E-state index in [9.17, 15) is 0 Å². The Morgan fingerprint density at radius 1 is 1.78 bits per heavy atom. The minimum absolute atomic E-state index is 1.00. The zero-order chi connectivity index (χ0) is 6.69. The van der Waals surface area contributed by atoms with Gasteiger partial charge in [0.15, 0.2) is 0 Å². The number of nitrogens with zero attached hydrogens (tertiary/aromatic N) is 2. The highest BCUT2D eigenvalue weighted by Gasteiger charge is 2.03. The van der Waals surface area contributed by atoms with Gasteiger partial charge in [-0.2, -0.15) is 0 Å². The van der Waals surface area contributed by atoms with Gasteiger partial charge < -0.3 is 4.90 Å². The molecule has 0 aromatic heterocycles. The minimum atomic E-state index is 1.00. The predicted octanol–water partition coefficient (Wildman–Crippen LogP) is 1.25. The summed E-state index contributed by atoms with van der Waals surface area (Å²) < 4.78 is 0. The third-order valence-electron chi connectivity index (χ3n) is 1.54. The van der Waals surface area contributed by atoms with E-state index in [1.54, 1.807) is 0 Å². The molecule has 0 unspecified atom stereocenters. The lowest BCUT2D eigenvalue weighted by Crippen LogP contribution is -2.24. The molecule has 0 saturated heterocycles. The average Bonchev–Trinajstić information content (AvgIpc) is 2.37. The summed E-state index contributed by atoms with van der Waals surface area (Å²) in [7, 11) is 2.06. The van der Waals surface area contributed by atoms with Crippen LogP contribution in [0, 0.1) is 0 Å². The molecule has 1 rings (SSSR count). The van der Waals surface area contributed by atoms with Crippen LogP contribution >= 0.6 is 0 Å². The summed E-state index contributed by atoms with van der Waals surface area (Å²) in [4.78, 5) is 6.32. The Balaban J connectivity index is 2.45. The van der Waals surface area contributed by atoms with Gasteiger partial charge in [-0.1, -0.05) is 6.08 Å². The predicted molar refractivity (Wildman–Crippen MR) is 39.5 cm³/mol. The second kappa shape index (κ2) is 2.67. The van der Waals surface area contributed by atoms with Gasteiger partial charge >= 0.3 is 0 Å². The molecule has 1 aliphatic rings. The monoisotopic (exact) mass is 124 g/mol. The van der Waals surface area contributed by atoms with Gasteiger partial charge in [0, 0.05) is 26.2 Å². The van der Waals surface area contributed by atoms with E-state index in [2.05, 4.69) is 29.9 Å². The van der Waals surface area contributed by atoms with Crippen molar-refractivity contribution < 1.29 is 0 Å². The SMILES string of the molecule is CCN(C)C1=NC=CC1. The lowest BCUT2D eigenvalue weighted by molar-refractivity contribution is 0.529. The molecule has 9 heavy (non-hydrogen) atoms. The van der Waals surface area contributed by atoms with E-state index in [0.717, 1.165) is 13.0 Å². The van der Waals surface area contributed by atoms with Crippen molar-refractivity contribution in [3.63, 3.8) is 0 Å². The second-order valence-electron chi connectivity index (χ2n) is 2.15. The highest BCUT2D eigenvalue weighted by molar-refractivity contribution is 5.85. The molecule has 0 amide bonds. The van der Waals surface area contributed by atoms with E-state index < -0.39 is 0 Å². The quantitative estimate of drug-likeness (QED) is 0.513. The Kier molecular flexibility index (Phi) is 1.88. The number of hydrogen-bond acceptors (Lipinski definition) is 2. The van der Waals surface area contributed by atoms with Crippen molar-refractivity contribution in [2.24, 2.45) is 4.99 Å². The van der Waals surface area contributed by atoms with Gasteiger partial charge in [-0.05, 0) is 6.92 Å². The van der Waals surface area contributed by atoms with Gasteiger partial charge in [-0.15, -0.1) is 0 Å². The zero-order valence-electron chi connectivity index (χ0n) is 5.96. The maximum Gasteiger partial charge on any atom is 0.108 e. The lowest BCUT2D eigenvalue weighted by atomic mass is 10.4. The molecule has 1 heterocycles. The van der Waals surface area contributed by atoms with Crippen molar-refractivity contribution in [2.75, 3.05) is 13.6 Å². The van der Waals surface area contributed by atoms with Crippen LogP contribution in [0.5, 0.6) is 0 Å². The fourth-order valence-corrected chi connectivity index (χ4v) is 0.786. The Hall–Kier alpha value is -0.790. The number of aliphatic imine (C=N–C) groups is 1. The molecular formula is C7H12N2. The first kappa shape index (κ1) is 6.33. The van der Waals surface area contributed by atoms with Crippen LogP contribution in [0.1, 0.15) is 13.3 Å². The van der Waals surface area contributed by atoms with Crippen molar-refractivity contribution in [3.05, 3.63) is 12.3 Å². The fraction of sp³-hybridized carbons (Fsp3) is 0.571. The van der Waals surface area contributed by atoms with Crippen molar-refractivity contribution in [2.45, 2.75) is 13.3 Å². The summed E-state index contributed by atoms with van der Waals surface area (Å²) in [6.07, 6.45) is 4.94. The Morgan fingerprint density at radius 2 is 2.56 bits per heavy atom. The van der Waals surface area contributed by atoms with Gasteiger partial charge in [-0.25, -0.2) is 4.99 Å². The Bertz CT molecular complexity index is 147. The summed E-state index contributed by atoms with van der Waals surface area (Å²) in [6.45, 7) is 3.17. The normalized spacial score (nSPS) is 16.0. The molecule has 0 aromatic carbocycles. The molecule has 1 aliphatic heterocycles. The molecule has 0 spiro atoms. The van der Waals surface area contributed by atoms with Crippen LogP contribution in [0.2, 0.25) is 0 Å². The van der Waals surface area contributed by atoms with E-state index in [1.165, 1.54) is 5.84 Å². The molecule has 0 N–H and O–H groups in total. The molecule has 0 saturated carbocycles. The summed E-state index contributed by atoms with van der Waals surface area (Å²) in [5.74, 6) is 1.18. The van der Waals surface area contributed by atoms with Crippen LogP contribution < -0.4 is 0 Å². The summed E-state index contributed by atoms with van der Waals surface area (Å²) in [5, 5.41) is 0. The molecule has 0 aliphatic carbocycles. The molecule has 0 aromatic rings. The molecule has 0 bridgehead atoms. The highest BCUT2D eigenvalue weighted by Crippen LogP contribution is 2.02. The zero-order valence-corrected chi connectivity index (χ0v) is 5.96. The van der Waals surface area contributed by atoms with Crippen molar-refractivity contribution in [1.82, 2.24) is 4.90 Å². The van der Waals surface area contributed by atoms with Crippen LogP contribution in [0.15, 0.2) is 17.3 Å². The molecule has 0 radical (unpaired) electrons. The van der Waals surface area contributed by atoms with Crippen LogP contribution in [-0.4, -0.2) is 24.3 Å². The highest BCUT2D eigenvalue weighted by atomic mass is 15.2. The summed E-state index contributed by atoms with van der Waals surface area (Å²) in [6, 6.07) is 0. The summed E-state index contributed by atoms with van der Waals surface area (Å²) >= 11 is 0. The first-order valence-electron chi connectivity index (χ1n) is 3.27. The number of rotatable bonds is 1. The fourth-order valence-electron chi connectivity index (χ4n) is 0.786. The van der Waals surface area contributed by atoms with Gasteiger partial charge in [0.2, 0.25) is 0 Å². The van der Waals surface area contributed by atoms with Crippen LogP contribution in [0.25, 0.3) is 0 Å². The van der Waals surface area contributed by atoms with Gasteiger partial charge in [0.1, 0.15) is 5.84 Å². The van der Waals surface area contributed by atoms with E-state index in [4.69, 9.17) is 0 Å². The molecule has 0 fully saturated rings. The maximum atomic E-state index is 4.17. The maximum absolute atomic E-state index is 4.17. The van der Waals surface area contributed by atoms with Gasteiger partial charge in [-0.3, -0.25) is 0 Å². The number of hydrogen-bond donors (Lipinski definition) is 0. The molecular weight excluding hydrogens is 112 g/mol. The molecule has 50 valence electrons. The van der Waals surface area contributed by atoms with Crippen LogP contribution in [0.4, 0.5) is 0 Å². The Labute approximate surface area is 55.9 Å². The van der Waals surface area contributed by atoms with E-state index in [1.807, 2.05) is 6.20 Å². The Morgan fingerprint density at radius 3 is 3.00 bits per heavy atom. The van der Waals surface area contributed by atoms with Crippen LogP contribution in [0.3, 0.4) is 0 Å². The van der Waals surface area contributed by atoms with E-state index >= 15 is 0 Å². The standard InChI is InChI=1S/C7H12N2/c1-3-9(2)7-5-4-6-8-7/h4,6H,3,5H2,1-2H3. The first-order valence-corrected chi connectivity index (χ1v) is 3.27. The smallest absolute Gasteiger partial charge is 0.108 e. The third-order valence-corrected chi connectivity index (χ3v) is 1.54. The van der Waals surface area contributed by atoms with E-state index in [0.29, 0.717) is 0 Å². The molecule has 2 heteroatoms. The average molecular weight is 124 g/mol. The van der Waals surface area contributed by atoms with Crippen molar-refractivity contribution in [1.29, 1.82) is 0 Å². The third kappa shape index (κ3) is 1.31. The number of amidine groups is 1.